The lowest BCUT2D eigenvalue weighted by Gasteiger charge is -2.02. The molecule has 1 aromatic heterocycles. The van der Waals surface area contributed by atoms with Crippen molar-refractivity contribution in [3.63, 3.8) is 0 Å². The minimum absolute atomic E-state index is 0.545. The van der Waals surface area contributed by atoms with Gasteiger partial charge in [0, 0.05) is 6.20 Å². The second kappa shape index (κ2) is 4.53. The number of H-pyrrole nitrogens is 1. The topological polar surface area (TPSA) is 15.8 Å². The van der Waals surface area contributed by atoms with Gasteiger partial charge in [-0.2, -0.15) is 0 Å². The largest absolute Gasteiger partial charge is 0.353 e. The van der Waals surface area contributed by atoms with E-state index in [4.69, 9.17) is 12.2 Å². The first-order valence-electron chi connectivity index (χ1n) is 4.77. The van der Waals surface area contributed by atoms with Crippen molar-refractivity contribution in [2.45, 2.75) is 6.42 Å². The zero-order valence-corrected chi connectivity index (χ0v) is 9.15. The van der Waals surface area contributed by atoms with Gasteiger partial charge in [0.1, 0.15) is 4.64 Å². The number of aromatic nitrogens is 1. The summed E-state index contributed by atoms with van der Waals surface area (Å²) in [6.07, 6.45) is 2.31. The third-order valence-corrected chi connectivity index (χ3v) is 2.49. The van der Waals surface area contributed by atoms with E-state index in [9.17, 15) is 8.78 Å². The van der Waals surface area contributed by atoms with Crippen LogP contribution in [0.3, 0.4) is 0 Å². The molecule has 0 aliphatic carbocycles. The lowest BCUT2D eigenvalue weighted by atomic mass is 10.1. The van der Waals surface area contributed by atoms with Gasteiger partial charge < -0.3 is 4.98 Å². The molecule has 4 heteroatoms. The van der Waals surface area contributed by atoms with E-state index in [1.165, 1.54) is 6.07 Å². The monoisotopic (exact) mass is 237 g/mol. The van der Waals surface area contributed by atoms with Gasteiger partial charge in [-0.3, -0.25) is 0 Å². The molecule has 0 unspecified atom stereocenters. The molecule has 0 saturated carbocycles. The van der Waals surface area contributed by atoms with E-state index in [1.54, 1.807) is 18.3 Å². The standard InChI is InChI=1S/C12H9F2NS/c13-10-3-1-8(6-11(10)14)5-9-2-4-12(16)15-7-9/h1-4,6-7H,5H2,(H,15,16). The van der Waals surface area contributed by atoms with Gasteiger partial charge in [-0.1, -0.05) is 24.4 Å². The predicted molar refractivity (Wildman–Crippen MR) is 60.8 cm³/mol. The fourth-order valence-electron chi connectivity index (χ4n) is 1.44. The number of rotatable bonds is 2. The Balaban J connectivity index is 2.23. The third kappa shape index (κ3) is 2.52. The predicted octanol–water partition coefficient (Wildman–Crippen LogP) is 3.61. The molecule has 0 spiro atoms. The molecule has 0 atom stereocenters. The van der Waals surface area contributed by atoms with Crippen LogP contribution in [-0.4, -0.2) is 4.98 Å². The average molecular weight is 237 g/mol. The van der Waals surface area contributed by atoms with E-state index >= 15 is 0 Å². The molecule has 0 radical (unpaired) electrons. The van der Waals surface area contributed by atoms with Gasteiger partial charge in [-0.05, 0) is 35.7 Å². The number of halogens is 2. The van der Waals surface area contributed by atoms with Crippen LogP contribution < -0.4 is 0 Å². The summed E-state index contributed by atoms with van der Waals surface area (Å²) in [5, 5.41) is 0. The maximum atomic E-state index is 12.9. The number of pyridine rings is 1. The Morgan fingerprint density at radius 1 is 1.00 bits per heavy atom. The minimum Gasteiger partial charge on any atom is -0.353 e. The van der Waals surface area contributed by atoms with Crippen LogP contribution in [0.2, 0.25) is 0 Å². The van der Waals surface area contributed by atoms with Gasteiger partial charge in [0.15, 0.2) is 11.6 Å². The highest BCUT2D eigenvalue weighted by molar-refractivity contribution is 7.71. The van der Waals surface area contributed by atoms with Crippen molar-refractivity contribution in [3.8, 4) is 0 Å². The summed E-state index contributed by atoms with van der Waals surface area (Å²) in [5.74, 6) is -1.64. The summed E-state index contributed by atoms with van der Waals surface area (Å²) in [4.78, 5) is 2.89. The second-order valence-electron chi connectivity index (χ2n) is 3.49. The molecule has 2 rings (SSSR count). The van der Waals surface area contributed by atoms with Crippen molar-refractivity contribution in [2.75, 3.05) is 0 Å². The summed E-state index contributed by atoms with van der Waals surface area (Å²) in [6.45, 7) is 0. The molecule has 82 valence electrons. The lowest BCUT2D eigenvalue weighted by molar-refractivity contribution is 0.507. The molecule has 0 bridgehead atoms. The Hall–Kier alpha value is -1.55. The van der Waals surface area contributed by atoms with E-state index in [0.29, 0.717) is 11.1 Å². The molecule has 0 aliphatic rings. The van der Waals surface area contributed by atoms with Gasteiger partial charge in [-0.25, -0.2) is 8.78 Å². The molecule has 0 amide bonds. The van der Waals surface area contributed by atoms with E-state index in [2.05, 4.69) is 4.98 Å². The lowest BCUT2D eigenvalue weighted by Crippen LogP contribution is -1.92. The SMILES string of the molecule is Fc1ccc(Cc2ccc(=S)[nH]c2)cc1F. The van der Waals surface area contributed by atoms with Crippen LogP contribution in [0.5, 0.6) is 0 Å². The molecular formula is C12H9F2NS. The number of hydrogen-bond acceptors (Lipinski definition) is 1. The zero-order valence-electron chi connectivity index (χ0n) is 8.34. The molecule has 1 N–H and O–H groups in total. The molecule has 1 nitrogen and oxygen atoms in total. The summed E-state index contributed by atoms with van der Waals surface area (Å²) in [6, 6.07) is 7.54. The second-order valence-corrected chi connectivity index (χ2v) is 3.93. The zero-order chi connectivity index (χ0) is 11.5. The molecular weight excluding hydrogens is 228 g/mol. The highest BCUT2D eigenvalue weighted by Crippen LogP contribution is 2.12. The van der Waals surface area contributed by atoms with Crippen molar-refractivity contribution in [1.29, 1.82) is 0 Å². The van der Waals surface area contributed by atoms with Gasteiger partial charge in [0.05, 0.1) is 0 Å². The fourth-order valence-corrected chi connectivity index (χ4v) is 1.56. The first-order valence-corrected chi connectivity index (χ1v) is 5.17. The van der Waals surface area contributed by atoms with E-state index in [-0.39, 0.29) is 0 Å². The van der Waals surface area contributed by atoms with Crippen LogP contribution in [0.15, 0.2) is 36.5 Å². The smallest absolute Gasteiger partial charge is 0.159 e. The summed E-state index contributed by atoms with van der Waals surface area (Å²) in [5.41, 5.74) is 1.70. The van der Waals surface area contributed by atoms with Crippen LogP contribution in [-0.2, 0) is 6.42 Å². The van der Waals surface area contributed by atoms with Crippen LogP contribution in [0.4, 0.5) is 8.78 Å². The van der Waals surface area contributed by atoms with Crippen molar-refractivity contribution < 1.29 is 8.78 Å². The van der Waals surface area contributed by atoms with Crippen LogP contribution in [0.25, 0.3) is 0 Å². The Kier molecular flexibility index (Phi) is 3.10. The Bertz CT molecular complexity index is 543. The first kappa shape index (κ1) is 11.0. The molecule has 2 aromatic rings. The van der Waals surface area contributed by atoms with Crippen LogP contribution >= 0.6 is 12.2 Å². The summed E-state index contributed by atoms with van der Waals surface area (Å²) < 4.78 is 26.3. The van der Waals surface area contributed by atoms with Gasteiger partial charge >= 0.3 is 0 Å². The van der Waals surface area contributed by atoms with Crippen molar-refractivity contribution in [2.24, 2.45) is 0 Å². The third-order valence-electron chi connectivity index (χ3n) is 2.24. The van der Waals surface area contributed by atoms with Crippen molar-refractivity contribution >= 4 is 12.2 Å². The van der Waals surface area contributed by atoms with Gasteiger partial charge in [0.2, 0.25) is 0 Å². The van der Waals surface area contributed by atoms with Gasteiger partial charge in [0.25, 0.3) is 0 Å². The molecule has 0 saturated heterocycles. The first-order chi connectivity index (χ1) is 7.65. The van der Waals surface area contributed by atoms with Crippen molar-refractivity contribution in [3.05, 3.63) is 63.9 Å². The maximum absolute atomic E-state index is 12.9. The molecule has 1 heterocycles. The highest BCUT2D eigenvalue weighted by Gasteiger charge is 2.03. The summed E-state index contributed by atoms with van der Waals surface area (Å²) in [7, 11) is 0. The highest BCUT2D eigenvalue weighted by atomic mass is 32.1. The normalized spacial score (nSPS) is 10.4. The molecule has 16 heavy (non-hydrogen) atoms. The fraction of sp³-hybridized carbons (Fsp3) is 0.0833. The molecule has 1 aromatic carbocycles. The average Bonchev–Trinajstić information content (AvgIpc) is 2.27. The number of aromatic amines is 1. The van der Waals surface area contributed by atoms with Crippen LogP contribution in [0.1, 0.15) is 11.1 Å². The number of benzene rings is 1. The molecule has 0 fully saturated rings. The number of nitrogens with one attached hydrogen (secondary N) is 1. The maximum Gasteiger partial charge on any atom is 0.159 e. The minimum atomic E-state index is -0.823. The Labute approximate surface area is 96.8 Å². The van der Waals surface area contributed by atoms with E-state index < -0.39 is 11.6 Å². The Morgan fingerprint density at radius 2 is 1.75 bits per heavy atom. The van der Waals surface area contributed by atoms with E-state index in [1.807, 2.05) is 6.07 Å². The van der Waals surface area contributed by atoms with Gasteiger partial charge in [-0.15, -0.1) is 0 Å². The van der Waals surface area contributed by atoms with Crippen LogP contribution in [0, 0.1) is 16.3 Å². The molecule has 0 aliphatic heterocycles. The quantitative estimate of drug-likeness (QED) is 0.789. The summed E-state index contributed by atoms with van der Waals surface area (Å²) >= 11 is 4.91. The number of hydrogen-bond donors (Lipinski definition) is 1. The van der Waals surface area contributed by atoms with Crippen molar-refractivity contribution in [1.82, 2.24) is 4.98 Å². The van der Waals surface area contributed by atoms with E-state index in [0.717, 1.165) is 17.2 Å². The Morgan fingerprint density at radius 3 is 2.38 bits per heavy atom.